The summed E-state index contributed by atoms with van der Waals surface area (Å²) in [5.74, 6) is -0.121. The van der Waals surface area contributed by atoms with Crippen molar-refractivity contribution in [2.45, 2.75) is 90.4 Å². The minimum Gasteiger partial charge on any atom is -0.469 e. The monoisotopic (exact) mass is 372 g/mol. The van der Waals surface area contributed by atoms with Crippen LogP contribution in [0.3, 0.4) is 0 Å². The number of methoxy groups -OCH3 is 1. The Morgan fingerprint density at radius 1 is 0.889 bits per heavy atom. The van der Waals surface area contributed by atoms with Crippen molar-refractivity contribution in [1.29, 1.82) is 0 Å². The molecule has 0 amide bonds. The van der Waals surface area contributed by atoms with Crippen LogP contribution in [0, 0.1) is 5.41 Å². The zero-order chi connectivity index (χ0) is 19.6. The van der Waals surface area contributed by atoms with Gasteiger partial charge in [-0.2, -0.15) is 0 Å². The highest BCUT2D eigenvalue weighted by Crippen LogP contribution is 2.43. The van der Waals surface area contributed by atoms with Gasteiger partial charge < -0.3 is 4.74 Å². The van der Waals surface area contributed by atoms with Crippen LogP contribution in [0.25, 0.3) is 0 Å². The number of unbranched alkanes of at least 4 members (excludes halogenated alkanes) is 2. The number of hydrogen-bond donors (Lipinski definition) is 0. The standard InChI is InChI=1S/C25H40O2/c1-3-4-20-25(22-17-18-23-25)21-16-14-12-10-8-6-5-7-9-11-13-15-19-24(26)27-2/h5-6,9-12,16,21H,3-4,7-8,13-15,17-20,22-23H2,1-2H3/b6-5-,11-9-,12-10-,21-16-. The van der Waals surface area contributed by atoms with Gasteiger partial charge in [0.2, 0.25) is 0 Å². The molecule has 2 heteroatoms. The molecular weight excluding hydrogens is 332 g/mol. The van der Waals surface area contributed by atoms with Crippen molar-refractivity contribution >= 4 is 5.97 Å². The van der Waals surface area contributed by atoms with Crippen molar-refractivity contribution in [2.24, 2.45) is 5.41 Å². The summed E-state index contributed by atoms with van der Waals surface area (Å²) in [5, 5.41) is 0. The molecular formula is C25H40O2. The summed E-state index contributed by atoms with van der Waals surface area (Å²) in [6, 6.07) is 0. The van der Waals surface area contributed by atoms with E-state index >= 15 is 0 Å². The molecule has 1 rings (SSSR count). The zero-order valence-corrected chi connectivity index (χ0v) is 17.6. The fourth-order valence-corrected chi connectivity index (χ4v) is 3.73. The smallest absolute Gasteiger partial charge is 0.305 e. The molecule has 2 nitrogen and oxygen atoms in total. The molecule has 0 spiro atoms. The van der Waals surface area contributed by atoms with E-state index in [1.165, 1.54) is 52.1 Å². The van der Waals surface area contributed by atoms with Crippen LogP contribution in [0.1, 0.15) is 90.4 Å². The van der Waals surface area contributed by atoms with E-state index in [1.807, 2.05) is 0 Å². The molecule has 0 aromatic rings. The fraction of sp³-hybridized carbons (Fsp3) is 0.640. The molecule has 1 fully saturated rings. The van der Waals surface area contributed by atoms with Gasteiger partial charge in [0.25, 0.3) is 0 Å². The van der Waals surface area contributed by atoms with Gasteiger partial charge in [0.15, 0.2) is 0 Å². The first kappa shape index (κ1) is 23.5. The Balaban J connectivity index is 2.09. The first-order valence-electron chi connectivity index (χ1n) is 10.9. The van der Waals surface area contributed by atoms with Crippen molar-refractivity contribution in [2.75, 3.05) is 7.11 Å². The summed E-state index contributed by atoms with van der Waals surface area (Å²) < 4.78 is 4.62. The molecule has 0 aromatic carbocycles. The number of allylic oxidation sites excluding steroid dienone is 8. The molecule has 0 unspecified atom stereocenters. The second-order valence-corrected chi connectivity index (χ2v) is 7.67. The molecule has 0 aromatic heterocycles. The molecule has 152 valence electrons. The lowest BCUT2D eigenvalue weighted by Gasteiger charge is -2.24. The maximum Gasteiger partial charge on any atom is 0.305 e. The highest BCUT2D eigenvalue weighted by atomic mass is 16.5. The third-order valence-electron chi connectivity index (χ3n) is 5.39. The molecule has 1 aliphatic carbocycles. The van der Waals surface area contributed by atoms with Gasteiger partial charge in [-0.05, 0) is 56.8 Å². The van der Waals surface area contributed by atoms with Crippen molar-refractivity contribution in [3.63, 3.8) is 0 Å². The van der Waals surface area contributed by atoms with Crippen molar-refractivity contribution in [1.82, 2.24) is 0 Å². The predicted molar refractivity (Wildman–Crippen MR) is 117 cm³/mol. The molecule has 0 aliphatic heterocycles. The van der Waals surface area contributed by atoms with Gasteiger partial charge in [0, 0.05) is 6.42 Å². The lowest BCUT2D eigenvalue weighted by molar-refractivity contribution is -0.140. The van der Waals surface area contributed by atoms with Crippen LogP contribution < -0.4 is 0 Å². The maximum atomic E-state index is 11.0. The Hall–Kier alpha value is -1.57. The average Bonchev–Trinajstić information content (AvgIpc) is 3.15. The van der Waals surface area contributed by atoms with E-state index in [-0.39, 0.29) is 5.97 Å². The van der Waals surface area contributed by atoms with E-state index in [1.54, 1.807) is 0 Å². The second kappa shape index (κ2) is 15.5. The highest BCUT2D eigenvalue weighted by molar-refractivity contribution is 5.69. The number of hydrogen-bond acceptors (Lipinski definition) is 2. The summed E-state index contributed by atoms with van der Waals surface area (Å²) in [7, 11) is 1.44. The van der Waals surface area contributed by atoms with Crippen LogP contribution in [0.2, 0.25) is 0 Å². The van der Waals surface area contributed by atoms with E-state index in [0.29, 0.717) is 11.8 Å². The van der Waals surface area contributed by atoms with E-state index in [0.717, 1.165) is 32.1 Å². The Bertz CT molecular complexity index is 490. The van der Waals surface area contributed by atoms with E-state index in [2.05, 4.69) is 60.3 Å². The van der Waals surface area contributed by atoms with Gasteiger partial charge in [-0.25, -0.2) is 0 Å². The maximum absolute atomic E-state index is 11.0. The number of rotatable bonds is 14. The summed E-state index contributed by atoms with van der Waals surface area (Å²) >= 11 is 0. The molecule has 0 N–H and O–H groups in total. The molecule has 27 heavy (non-hydrogen) atoms. The van der Waals surface area contributed by atoms with Crippen molar-refractivity contribution in [3.05, 3.63) is 48.6 Å². The zero-order valence-electron chi connectivity index (χ0n) is 17.6. The van der Waals surface area contributed by atoms with Gasteiger partial charge in [-0.1, -0.05) is 81.2 Å². The summed E-state index contributed by atoms with van der Waals surface area (Å²) in [5.41, 5.74) is 0.521. The Morgan fingerprint density at radius 2 is 1.48 bits per heavy atom. The molecule has 0 bridgehead atoms. The van der Waals surface area contributed by atoms with Gasteiger partial charge in [-0.3, -0.25) is 4.79 Å². The lowest BCUT2D eigenvalue weighted by atomic mass is 9.80. The Labute approximate surface area is 167 Å². The summed E-state index contributed by atoms with van der Waals surface area (Å²) in [6.07, 6.45) is 33.2. The first-order valence-corrected chi connectivity index (χ1v) is 10.9. The topological polar surface area (TPSA) is 26.3 Å². The SMILES string of the molecule is CCCCC1(/C=C\C/C=C\C/C=C\C/C=C\CCCC(=O)OC)CCCC1. The first-order chi connectivity index (χ1) is 13.2. The van der Waals surface area contributed by atoms with E-state index in [4.69, 9.17) is 0 Å². The van der Waals surface area contributed by atoms with Crippen LogP contribution in [0.5, 0.6) is 0 Å². The van der Waals surface area contributed by atoms with Crippen LogP contribution >= 0.6 is 0 Å². The number of esters is 1. The molecule has 0 radical (unpaired) electrons. The number of carbonyl (C=O) groups excluding carboxylic acids is 1. The highest BCUT2D eigenvalue weighted by Gasteiger charge is 2.29. The predicted octanol–water partition coefficient (Wildman–Crippen LogP) is 7.48. The van der Waals surface area contributed by atoms with Crippen LogP contribution in [0.4, 0.5) is 0 Å². The normalized spacial score (nSPS) is 17.1. The average molecular weight is 373 g/mol. The fourth-order valence-electron chi connectivity index (χ4n) is 3.73. The van der Waals surface area contributed by atoms with Crippen molar-refractivity contribution in [3.8, 4) is 0 Å². The van der Waals surface area contributed by atoms with Gasteiger partial charge in [0.05, 0.1) is 7.11 Å². The second-order valence-electron chi connectivity index (χ2n) is 7.67. The van der Waals surface area contributed by atoms with Crippen molar-refractivity contribution < 1.29 is 9.53 Å². The van der Waals surface area contributed by atoms with E-state index in [9.17, 15) is 4.79 Å². The summed E-state index contributed by atoms with van der Waals surface area (Å²) in [4.78, 5) is 11.0. The molecule has 1 aliphatic rings. The van der Waals surface area contributed by atoms with Gasteiger partial charge in [-0.15, -0.1) is 0 Å². The molecule has 1 saturated carbocycles. The van der Waals surface area contributed by atoms with Gasteiger partial charge in [0.1, 0.15) is 0 Å². The minimum atomic E-state index is -0.121. The summed E-state index contributed by atoms with van der Waals surface area (Å²) in [6.45, 7) is 2.30. The minimum absolute atomic E-state index is 0.121. The quantitative estimate of drug-likeness (QED) is 0.179. The largest absolute Gasteiger partial charge is 0.469 e. The molecule has 0 heterocycles. The van der Waals surface area contributed by atoms with Crippen LogP contribution in [0.15, 0.2) is 48.6 Å². The Kier molecular flexibility index (Phi) is 13.5. The number of ether oxygens (including phenoxy) is 1. The third-order valence-corrected chi connectivity index (χ3v) is 5.39. The van der Waals surface area contributed by atoms with E-state index < -0.39 is 0 Å². The Morgan fingerprint density at radius 3 is 2.07 bits per heavy atom. The number of carbonyl (C=O) groups is 1. The lowest BCUT2D eigenvalue weighted by Crippen LogP contribution is -2.12. The van der Waals surface area contributed by atoms with Crippen LogP contribution in [-0.2, 0) is 9.53 Å². The van der Waals surface area contributed by atoms with Crippen LogP contribution in [-0.4, -0.2) is 13.1 Å². The third kappa shape index (κ3) is 11.7. The molecule has 0 saturated heterocycles. The van der Waals surface area contributed by atoms with Gasteiger partial charge >= 0.3 is 5.97 Å². The molecule has 0 atom stereocenters.